The van der Waals surface area contributed by atoms with Gasteiger partial charge in [-0.2, -0.15) is 0 Å². The van der Waals surface area contributed by atoms with Crippen molar-refractivity contribution in [3.05, 3.63) is 0 Å². The lowest BCUT2D eigenvalue weighted by Crippen LogP contribution is -1.86. The maximum Gasteiger partial charge on any atom is 0.0822 e. The van der Waals surface area contributed by atoms with Gasteiger partial charge in [0.1, 0.15) is 0 Å². The molecule has 0 atom stereocenters. The molecule has 0 aliphatic heterocycles. The zero-order valence-corrected chi connectivity index (χ0v) is 10.6. The highest BCUT2D eigenvalue weighted by Gasteiger charge is 1.96. The van der Waals surface area contributed by atoms with Crippen molar-refractivity contribution >= 4 is 31.9 Å². The van der Waals surface area contributed by atoms with Crippen LogP contribution in [0.1, 0.15) is 44.9 Å². The van der Waals surface area contributed by atoms with Crippen LogP contribution in [-0.4, -0.2) is 10.3 Å². The highest BCUT2D eigenvalue weighted by Crippen LogP contribution is 2.17. The third kappa shape index (κ3) is 10.9. The molecule has 3 heteroatoms. The van der Waals surface area contributed by atoms with E-state index in [1.54, 1.807) is 0 Å². The van der Waals surface area contributed by atoms with Crippen molar-refractivity contribution in [3.8, 4) is 0 Å². The summed E-state index contributed by atoms with van der Waals surface area (Å²) in [5, 5.41) is 10.1. The Hall–Kier alpha value is 0.920. The molecule has 0 spiro atoms. The Balaban J connectivity index is 2.82. The maximum absolute atomic E-state index is 10.1. The minimum Gasteiger partial charge on any atom is -0.237 e. The van der Waals surface area contributed by atoms with Gasteiger partial charge in [0.2, 0.25) is 0 Å². The van der Waals surface area contributed by atoms with Gasteiger partial charge in [-0.15, -0.1) is 0 Å². The standard InChI is InChI=1S/C9H17Br2O/c10-9(11)7-5-3-1-2-4-6-8-12/h9H,1-8H2. The minimum absolute atomic E-state index is 0.102. The molecule has 0 aliphatic rings. The molecular weight excluding hydrogens is 284 g/mol. The van der Waals surface area contributed by atoms with Gasteiger partial charge in [0.15, 0.2) is 0 Å². The average Bonchev–Trinajstić information content (AvgIpc) is 2.02. The van der Waals surface area contributed by atoms with E-state index in [1.807, 2.05) is 0 Å². The van der Waals surface area contributed by atoms with Gasteiger partial charge in [-0.05, 0) is 12.8 Å². The summed E-state index contributed by atoms with van der Waals surface area (Å²) >= 11 is 6.89. The van der Waals surface area contributed by atoms with Crippen molar-refractivity contribution in [2.24, 2.45) is 0 Å². The van der Waals surface area contributed by atoms with E-state index in [-0.39, 0.29) is 6.61 Å². The molecule has 0 bridgehead atoms. The molecule has 0 heterocycles. The van der Waals surface area contributed by atoms with E-state index in [4.69, 9.17) is 0 Å². The summed E-state index contributed by atoms with van der Waals surface area (Å²) in [5.41, 5.74) is 0. The van der Waals surface area contributed by atoms with Gasteiger partial charge in [-0.1, -0.05) is 64.0 Å². The molecule has 0 N–H and O–H groups in total. The summed E-state index contributed by atoms with van der Waals surface area (Å²) in [5.74, 6) is 0. The Morgan fingerprint density at radius 2 is 1.33 bits per heavy atom. The molecule has 0 aliphatic carbocycles. The van der Waals surface area contributed by atoms with Crippen LogP contribution in [0, 0.1) is 0 Å². The van der Waals surface area contributed by atoms with Crippen LogP contribution < -0.4 is 0 Å². The second-order valence-corrected chi connectivity index (χ2v) is 6.44. The van der Waals surface area contributed by atoms with Crippen LogP contribution in [0.5, 0.6) is 0 Å². The Morgan fingerprint density at radius 3 is 1.83 bits per heavy atom. The maximum atomic E-state index is 10.1. The molecule has 1 radical (unpaired) electrons. The van der Waals surface area contributed by atoms with Crippen LogP contribution in [0.4, 0.5) is 0 Å². The van der Waals surface area contributed by atoms with E-state index >= 15 is 0 Å². The predicted octanol–water partition coefficient (Wildman–Crippen LogP) is 4.26. The first-order chi connectivity index (χ1) is 5.77. The van der Waals surface area contributed by atoms with Crippen molar-refractivity contribution < 1.29 is 5.11 Å². The highest BCUT2D eigenvalue weighted by atomic mass is 79.9. The summed E-state index contributed by atoms with van der Waals surface area (Å²) in [6, 6.07) is 0. The van der Waals surface area contributed by atoms with Crippen LogP contribution >= 0.6 is 31.9 Å². The van der Waals surface area contributed by atoms with Crippen LogP contribution in [-0.2, 0) is 5.11 Å². The van der Waals surface area contributed by atoms with E-state index in [0.29, 0.717) is 3.74 Å². The highest BCUT2D eigenvalue weighted by molar-refractivity contribution is 9.24. The topological polar surface area (TPSA) is 19.9 Å². The number of halogens is 2. The molecule has 0 aromatic heterocycles. The Labute approximate surface area is 92.2 Å². The third-order valence-corrected chi connectivity index (χ3v) is 2.73. The monoisotopic (exact) mass is 299 g/mol. The molecular formula is C9H17Br2O. The molecule has 73 valence electrons. The van der Waals surface area contributed by atoms with Crippen LogP contribution in [0.25, 0.3) is 0 Å². The summed E-state index contributed by atoms with van der Waals surface area (Å²) in [6.45, 7) is 0.102. The zero-order valence-electron chi connectivity index (χ0n) is 7.40. The molecule has 0 amide bonds. The Kier molecular flexibility index (Phi) is 10.8. The van der Waals surface area contributed by atoms with Crippen molar-refractivity contribution in [2.75, 3.05) is 6.61 Å². The van der Waals surface area contributed by atoms with Crippen LogP contribution in [0.15, 0.2) is 0 Å². The number of rotatable bonds is 8. The van der Waals surface area contributed by atoms with Gasteiger partial charge in [0.05, 0.1) is 10.3 Å². The SMILES string of the molecule is [O]CCCCCCCCC(Br)Br. The minimum atomic E-state index is 0.102. The molecule has 0 rings (SSSR count). The number of hydrogen-bond donors (Lipinski definition) is 0. The first kappa shape index (κ1) is 12.9. The summed E-state index contributed by atoms with van der Waals surface area (Å²) in [7, 11) is 0. The van der Waals surface area contributed by atoms with E-state index < -0.39 is 0 Å². The van der Waals surface area contributed by atoms with Gasteiger partial charge >= 0.3 is 0 Å². The van der Waals surface area contributed by atoms with Gasteiger partial charge in [0, 0.05) is 0 Å². The lowest BCUT2D eigenvalue weighted by molar-refractivity contribution is 0.186. The number of alkyl halides is 2. The zero-order chi connectivity index (χ0) is 9.23. The third-order valence-electron chi connectivity index (χ3n) is 1.82. The first-order valence-electron chi connectivity index (χ1n) is 4.63. The van der Waals surface area contributed by atoms with Crippen molar-refractivity contribution in [1.29, 1.82) is 0 Å². The smallest absolute Gasteiger partial charge is 0.0822 e. The van der Waals surface area contributed by atoms with E-state index in [0.717, 1.165) is 12.8 Å². The number of hydrogen-bond acceptors (Lipinski definition) is 0. The predicted molar refractivity (Wildman–Crippen MR) is 59.5 cm³/mol. The molecule has 12 heavy (non-hydrogen) atoms. The van der Waals surface area contributed by atoms with E-state index in [2.05, 4.69) is 31.9 Å². The molecule has 0 aromatic carbocycles. The first-order valence-corrected chi connectivity index (χ1v) is 6.46. The fourth-order valence-corrected chi connectivity index (χ4v) is 1.76. The number of unbranched alkanes of at least 4 members (excludes halogenated alkanes) is 5. The quantitative estimate of drug-likeness (QED) is 0.471. The normalized spacial score (nSPS) is 11.0. The van der Waals surface area contributed by atoms with Crippen molar-refractivity contribution in [3.63, 3.8) is 0 Å². The molecule has 0 aromatic rings. The summed E-state index contributed by atoms with van der Waals surface area (Å²) in [6.07, 6.45) is 8.27. The van der Waals surface area contributed by atoms with Crippen molar-refractivity contribution in [1.82, 2.24) is 0 Å². The molecule has 1 nitrogen and oxygen atoms in total. The Bertz CT molecular complexity index is 86.6. The van der Waals surface area contributed by atoms with E-state index in [1.165, 1.54) is 32.1 Å². The summed E-state index contributed by atoms with van der Waals surface area (Å²) < 4.78 is 0.478. The van der Waals surface area contributed by atoms with E-state index in [9.17, 15) is 5.11 Å². The van der Waals surface area contributed by atoms with Crippen LogP contribution in [0.2, 0.25) is 0 Å². The van der Waals surface area contributed by atoms with Crippen LogP contribution in [0.3, 0.4) is 0 Å². The van der Waals surface area contributed by atoms with Gasteiger partial charge in [-0.3, -0.25) is 0 Å². The van der Waals surface area contributed by atoms with Gasteiger partial charge < -0.3 is 0 Å². The second-order valence-electron chi connectivity index (χ2n) is 3.01. The average molecular weight is 301 g/mol. The fourth-order valence-electron chi connectivity index (χ4n) is 1.11. The molecule has 0 fully saturated rings. The largest absolute Gasteiger partial charge is 0.237 e. The summed E-state index contributed by atoms with van der Waals surface area (Å²) in [4.78, 5) is 0. The van der Waals surface area contributed by atoms with Gasteiger partial charge in [-0.25, -0.2) is 5.11 Å². The van der Waals surface area contributed by atoms with Crippen molar-refractivity contribution in [2.45, 2.75) is 48.7 Å². The lowest BCUT2D eigenvalue weighted by atomic mass is 10.1. The molecule has 0 unspecified atom stereocenters. The molecule has 0 saturated carbocycles. The fraction of sp³-hybridized carbons (Fsp3) is 1.00. The lowest BCUT2D eigenvalue weighted by Gasteiger charge is -2.01. The van der Waals surface area contributed by atoms with Gasteiger partial charge in [0.25, 0.3) is 0 Å². The Morgan fingerprint density at radius 1 is 0.833 bits per heavy atom. The molecule has 0 saturated heterocycles. The second kappa shape index (κ2) is 10.0.